The van der Waals surface area contributed by atoms with Crippen molar-refractivity contribution in [2.75, 3.05) is 6.54 Å². The summed E-state index contributed by atoms with van der Waals surface area (Å²) in [6, 6.07) is 0.124. The highest BCUT2D eigenvalue weighted by molar-refractivity contribution is 5.65. The van der Waals surface area contributed by atoms with E-state index in [0.717, 1.165) is 6.54 Å². The molecule has 1 unspecified atom stereocenters. The van der Waals surface area contributed by atoms with Gasteiger partial charge in [0.2, 0.25) is 0 Å². The molecule has 0 aromatic carbocycles. The van der Waals surface area contributed by atoms with E-state index in [1.807, 2.05) is 5.01 Å². The maximum absolute atomic E-state index is 5.63. The van der Waals surface area contributed by atoms with Gasteiger partial charge in [0.25, 0.3) is 0 Å². The van der Waals surface area contributed by atoms with Crippen LogP contribution in [0.25, 0.3) is 0 Å². The minimum Gasteiger partial charge on any atom is -0.322 e. The van der Waals surface area contributed by atoms with Gasteiger partial charge in [-0.2, -0.15) is 5.10 Å². The van der Waals surface area contributed by atoms with Gasteiger partial charge in [0.1, 0.15) is 0 Å². The van der Waals surface area contributed by atoms with Gasteiger partial charge < -0.3 is 5.73 Å². The smallest absolute Gasteiger partial charge is 0.0612 e. The van der Waals surface area contributed by atoms with E-state index in [0.29, 0.717) is 0 Å². The highest BCUT2D eigenvalue weighted by atomic mass is 15.5. The van der Waals surface area contributed by atoms with E-state index in [1.165, 1.54) is 0 Å². The van der Waals surface area contributed by atoms with Gasteiger partial charge in [0, 0.05) is 11.8 Å². The third-order valence-corrected chi connectivity index (χ3v) is 1.56. The molecular formula is C7H15N3. The van der Waals surface area contributed by atoms with E-state index < -0.39 is 0 Å². The van der Waals surface area contributed by atoms with Gasteiger partial charge in [-0.15, -0.1) is 0 Å². The Bertz CT molecular complexity index is 145. The number of nitrogens with two attached hydrogens (primary N) is 1. The molecule has 2 N–H and O–H groups in total. The third-order valence-electron chi connectivity index (χ3n) is 1.56. The second kappa shape index (κ2) is 2.23. The lowest BCUT2D eigenvalue weighted by Gasteiger charge is -2.30. The van der Waals surface area contributed by atoms with Gasteiger partial charge in [-0.05, 0) is 20.8 Å². The lowest BCUT2D eigenvalue weighted by atomic mass is 10.1. The van der Waals surface area contributed by atoms with Gasteiger partial charge in [0.05, 0.1) is 12.6 Å². The molecule has 0 aromatic rings. The third kappa shape index (κ3) is 1.48. The number of nitrogens with zero attached hydrogens (tertiary/aromatic N) is 2. The van der Waals surface area contributed by atoms with Gasteiger partial charge in [-0.3, -0.25) is 5.01 Å². The molecule has 0 aliphatic carbocycles. The fourth-order valence-electron chi connectivity index (χ4n) is 0.907. The molecule has 0 fully saturated rings. The highest BCUT2D eigenvalue weighted by Gasteiger charge is 2.24. The summed E-state index contributed by atoms with van der Waals surface area (Å²) in [7, 11) is 0. The molecule has 0 amide bonds. The monoisotopic (exact) mass is 141 g/mol. The van der Waals surface area contributed by atoms with Crippen LogP contribution in [0.1, 0.15) is 20.8 Å². The van der Waals surface area contributed by atoms with Crippen molar-refractivity contribution in [2.45, 2.75) is 32.4 Å². The van der Waals surface area contributed by atoms with E-state index in [9.17, 15) is 0 Å². The molecule has 1 heterocycles. The predicted molar refractivity (Wildman–Crippen MR) is 42.9 cm³/mol. The van der Waals surface area contributed by atoms with Gasteiger partial charge in [-0.1, -0.05) is 0 Å². The van der Waals surface area contributed by atoms with Crippen LogP contribution in [0.15, 0.2) is 5.10 Å². The average Bonchev–Trinajstić information content (AvgIpc) is 2.11. The van der Waals surface area contributed by atoms with Crippen molar-refractivity contribution >= 4 is 6.21 Å². The van der Waals surface area contributed by atoms with E-state index in [1.54, 1.807) is 6.21 Å². The zero-order valence-corrected chi connectivity index (χ0v) is 6.83. The number of hydrazone groups is 1. The SMILES string of the molecule is CC(C)(C)N1CC(N)C=N1. The molecule has 0 aromatic heterocycles. The Morgan fingerprint density at radius 3 is 2.40 bits per heavy atom. The second-order valence-corrected chi connectivity index (χ2v) is 3.68. The van der Waals surface area contributed by atoms with Crippen LogP contribution in [0.3, 0.4) is 0 Å². The molecule has 1 aliphatic rings. The van der Waals surface area contributed by atoms with Crippen LogP contribution in [-0.2, 0) is 0 Å². The lowest BCUT2D eigenvalue weighted by molar-refractivity contribution is 0.157. The molecule has 3 nitrogen and oxygen atoms in total. The molecule has 10 heavy (non-hydrogen) atoms. The van der Waals surface area contributed by atoms with E-state index in [2.05, 4.69) is 25.9 Å². The Balaban J connectivity index is 2.55. The normalized spacial score (nSPS) is 26.0. The van der Waals surface area contributed by atoms with Crippen molar-refractivity contribution in [2.24, 2.45) is 10.8 Å². The number of hydrogen-bond acceptors (Lipinski definition) is 3. The van der Waals surface area contributed by atoms with Crippen molar-refractivity contribution in [1.29, 1.82) is 0 Å². The Labute approximate surface area is 61.9 Å². The van der Waals surface area contributed by atoms with Crippen LogP contribution in [0.5, 0.6) is 0 Å². The summed E-state index contributed by atoms with van der Waals surface area (Å²) in [5.41, 5.74) is 5.75. The van der Waals surface area contributed by atoms with Gasteiger partial charge in [0.15, 0.2) is 0 Å². The second-order valence-electron chi connectivity index (χ2n) is 3.68. The number of hydrogen-bond donors (Lipinski definition) is 1. The number of rotatable bonds is 0. The first-order valence-corrected chi connectivity index (χ1v) is 3.57. The Morgan fingerprint density at radius 1 is 1.60 bits per heavy atom. The summed E-state index contributed by atoms with van der Waals surface area (Å²) >= 11 is 0. The van der Waals surface area contributed by atoms with Crippen LogP contribution < -0.4 is 5.73 Å². The van der Waals surface area contributed by atoms with Crippen LogP contribution in [0.4, 0.5) is 0 Å². The molecule has 0 saturated heterocycles. The van der Waals surface area contributed by atoms with E-state index in [-0.39, 0.29) is 11.6 Å². The van der Waals surface area contributed by atoms with E-state index in [4.69, 9.17) is 5.73 Å². The zero-order valence-electron chi connectivity index (χ0n) is 6.83. The van der Waals surface area contributed by atoms with Crippen LogP contribution in [0, 0.1) is 0 Å². The van der Waals surface area contributed by atoms with Crippen molar-refractivity contribution in [3.05, 3.63) is 0 Å². The minimum atomic E-state index is 0.116. The van der Waals surface area contributed by atoms with Crippen molar-refractivity contribution < 1.29 is 0 Å². The Hall–Kier alpha value is -0.570. The highest BCUT2D eigenvalue weighted by Crippen LogP contribution is 2.15. The molecule has 0 bridgehead atoms. The molecule has 58 valence electrons. The molecule has 1 rings (SSSR count). The van der Waals surface area contributed by atoms with Crippen molar-refractivity contribution in [1.82, 2.24) is 5.01 Å². The van der Waals surface area contributed by atoms with Crippen LogP contribution in [0.2, 0.25) is 0 Å². The van der Waals surface area contributed by atoms with Gasteiger partial charge >= 0.3 is 0 Å². The molecular weight excluding hydrogens is 126 g/mol. The van der Waals surface area contributed by atoms with E-state index >= 15 is 0 Å². The minimum absolute atomic E-state index is 0.116. The molecule has 3 heteroatoms. The summed E-state index contributed by atoms with van der Waals surface area (Å²) in [6.07, 6.45) is 1.80. The predicted octanol–water partition coefficient (Wildman–Crippen LogP) is 0.414. The summed E-state index contributed by atoms with van der Waals surface area (Å²) in [4.78, 5) is 0. The fraction of sp³-hybridized carbons (Fsp3) is 0.857. The summed E-state index contributed by atoms with van der Waals surface area (Å²) in [5.74, 6) is 0. The molecule has 0 spiro atoms. The Morgan fingerprint density at radius 2 is 2.20 bits per heavy atom. The standard InChI is InChI=1S/C7H15N3/c1-7(2,3)10-5-6(8)4-9-10/h4,6H,5,8H2,1-3H3. The first-order valence-electron chi connectivity index (χ1n) is 3.57. The maximum Gasteiger partial charge on any atom is 0.0612 e. The quantitative estimate of drug-likeness (QED) is 0.531. The summed E-state index contributed by atoms with van der Waals surface area (Å²) in [5, 5.41) is 6.18. The fourth-order valence-corrected chi connectivity index (χ4v) is 0.907. The lowest BCUT2D eigenvalue weighted by Crippen LogP contribution is -2.39. The van der Waals surface area contributed by atoms with Gasteiger partial charge in [-0.25, -0.2) is 0 Å². The molecule has 1 atom stereocenters. The van der Waals surface area contributed by atoms with Crippen molar-refractivity contribution in [3.63, 3.8) is 0 Å². The average molecular weight is 141 g/mol. The molecule has 1 aliphatic heterocycles. The first kappa shape index (κ1) is 7.54. The topological polar surface area (TPSA) is 41.6 Å². The molecule has 0 saturated carbocycles. The first-order chi connectivity index (χ1) is 4.50. The summed E-state index contributed by atoms with van der Waals surface area (Å²) < 4.78 is 0. The largest absolute Gasteiger partial charge is 0.322 e. The van der Waals surface area contributed by atoms with Crippen molar-refractivity contribution in [3.8, 4) is 0 Å². The molecule has 0 radical (unpaired) electrons. The van der Waals surface area contributed by atoms with Crippen LogP contribution in [-0.4, -0.2) is 29.3 Å². The Kier molecular flexibility index (Phi) is 1.68. The maximum atomic E-state index is 5.63. The summed E-state index contributed by atoms with van der Waals surface area (Å²) in [6.45, 7) is 7.23. The zero-order chi connectivity index (χ0) is 7.78. The van der Waals surface area contributed by atoms with Crippen LogP contribution >= 0.6 is 0 Å².